The van der Waals surface area contributed by atoms with Crippen molar-refractivity contribution < 1.29 is 8.42 Å². The fourth-order valence-corrected chi connectivity index (χ4v) is 2.44. The molecule has 0 aliphatic rings. The summed E-state index contributed by atoms with van der Waals surface area (Å²) in [6.45, 7) is 2.60. The molecule has 1 atom stereocenters. The van der Waals surface area contributed by atoms with E-state index in [1.165, 1.54) is 0 Å². The molecule has 0 spiro atoms. The van der Waals surface area contributed by atoms with Crippen LogP contribution in [0.4, 0.5) is 5.69 Å². The number of hydrogen-bond donors (Lipinski definition) is 2. The van der Waals surface area contributed by atoms with Gasteiger partial charge in [0, 0.05) is 6.26 Å². The molecule has 0 saturated carbocycles. The quantitative estimate of drug-likeness (QED) is 0.775. The van der Waals surface area contributed by atoms with Crippen LogP contribution in [0.15, 0.2) is 23.1 Å². The minimum absolute atomic E-state index is 0.203. The van der Waals surface area contributed by atoms with Crippen LogP contribution < -0.4 is 11.5 Å². The molecule has 0 bridgehead atoms. The van der Waals surface area contributed by atoms with Gasteiger partial charge in [0.15, 0.2) is 9.84 Å². The summed E-state index contributed by atoms with van der Waals surface area (Å²) >= 11 is 0. The lowest BCUT2D eigenvalue weighted by Gasteiger charge is -2.12. The van der Waals surface area contributed by atoms with Gasteiger partial charge in [0.1, 0.15) is 0 Å². The van der Waals surface area contributed by atoms with Crippen LogP contribution in [0, 0.1) is 0 Å². The maximum absolute atomic E-state index is 11.5. The maximum Gasteiger partial charge on any atom is 0.177 e. The summed E-state index contributed by atoms with van der Waals surface area (Å²) in [5, 5.41) is 0. The summed E-state index contributed by atoms with van der Waals surface area (Å²) in [6.07, 6.45) is 1.99. The summed E-state index contributed by atoms with van der Waals surface area (Å²) in [7, 11) is -3.26. The predicted octanol–water partition coefficient (Wildman–Crippen LogP) is 1.12. The Kier molecular flexibility index (Phi) is 3.93. The summed E-state index contributed by atoms with van der Waals surface area (Å²) in [5.74, 6) is 0.242. The number of hydrogen-bond acceptors (Lipinski definition) is 4. The van der Waals surface area contributed by atoms with Gasteiger partial charge in [0.05, 0.1) is 10.6 Å². The van der Waals surface area contributed by atoms with Crippen LogP contribution in [-0.2, 0) is 9.84 Å². The maximum atomic E-state index is 11.5. The lowest BCUT2D eigenvalue weighted by molar-refractivity contribution is 0.601. The van der Waals surface area contributed by atoms with Crippen molar-refractivity contribution in [2.45, 2.75) is 24.2 Å². The molecular weight excluding hydrogens is 224 g/mol. The van der Waals surface area contributed by atoms with Gasteiger partial charge in [-0.2, -0.15) is 0 Å². The molecule has 1 aromatic rings. The smallest absolute Gasteiger partial charge is 0.177 e. The van der Waals surface area contributed by atoms with Crippen molar-refractivity contribution in [1.82, 2.24) is 0 Å². The van der Waals surface area contributed by atoms with Gasteiger partial charge in [0.2, 0.25) is 0 Å². The van der Waals surface area contributed by atoms with Crippen molar-refractivity contribution >= 4 is 15.5 Å². The monoisotopic (exact) mass is 242 g/mol. The SMILES string of the molecule is CC(CCN)c1ccc(N)c(S(C)(=O)=O)c1. The molecule has 0 aromatic heterocycles. The van der Waals surface area contributed by atoms with Crippen molar-refractivity contribution in [3.05, 3.63) is 23.8 Å². The zero-order valence-corrected chi connectivity index (χ0v) is 10.4. The second kappa shape index (κ2) is 4.84. The van der Waals surface area contributed by atoms with Crippen LogP contribution in [0.5, 0.6) is 0 Å². The highest BCUT2D eigenvalue weighted by Gasteiger charge is 2.14. The Morgan fingerprint density at radius 2 is 2.00 bits per heavy atom. The van der Waals surface area contributed by atoms with Gasteiger partial charge in [-0.1, -0.05) is 13.0 Å². The van der Waals surface area contributed by atoms with E-state index in [-0.39, 0.29) is 10.8 Å². The summed E-state index contributed by atoms with van der Waals surface area (Å²) < 4.78 is 23.0. The van der Waals surface area contributed by atoms with E-state index in [1.807, 2.05) is 13.0 Å². The first kappa shape index (κ1) is 13.0. The third-order valence-corrected chi connectivity index (χ3v) is 3.76. The number of rotatable bonds is 4. The Bertz CT molecular complexity index is 469. The average Bonchev–Trinajstić information content (AvgIpc) is 2.16. The van der Waals surface area contributed by atoms with Gasteiger partial charge in [0.25, 0.3) is 0 Å². The molecule has 1 rings (SSSR count). The zero-order chi connectivity index (χ0) is 12.3. The van der Waals surface area contributed by atoms with Crippen molar-refractivity contribution in [3.8, 4) is 0 Å². The molecule has 0 radical (unpaired) electrons. The van der Waals surface area contributed by atoms with E-state index in [4.69, 9.17) is 11.5 Å². The molecule has 0 heterocycles. The molecule has 1 aromatic carbocycles. The topological polar surface area (TPSA) is 86.2 Å². The Morgan fingerprint density at radius 3 is 2.50 bits per heavy atom. The van der Waals surface area contributed by atoms with Crippen LogP contribution in [0.2, 0.25) is 0 Å². The second-order valence-corrected chi connectivity index (χ2v) is 6.03. The molecular formula is C11H18N2O2S. The Hall–Kier alpha value is -1.07. The molecule has 4 nitrogen and oxygen atoms in total. The first-order valence-electron chi connectivity index (χ1n) is 5.15. The number of nitrogen functional groups attached to an aromatic ring is 1. The number of anilines is 1. The molecule has 5 heteroatoms. The van der Waals surface area contributed by atoms with Gasteiger partial charge in [-0.05, 0) is 36.6 Å². The van der Waals surface area contributed by atoms with Crippen LogP contribution in [0.3, 0.4) is 0 Å². The molecule has 4 N–H and O–H groups in total. The number of nitrogens with two attached hydrogens (primary N) is 2. The molecule has 0 aliphatic heterocycles. The highest BCUT2D eigenvalue weighted by Crippen LogP contribution is 2.25. The number of sulfone groups is 1. The van der Waals surface area contributed by atoms with Crippen molar-refractivity contribution in [3.63, 3.8) is 0 Å². The molecule has 1 unspecified atom stereocenters. The highest BCUT2D eigenvalue weighted by atomic mass is 32.2. The van der Waals surface area contributed by atoms with Gasteiger partial charge in [-0.25, -0.2) is 8.42 Å². The fourth-order valence-electron chi connectivity index (χ4n) is 1.60. The highest BCUT2D eigenvalue weighted by molar-refractivity contribution is 7.90. The molecule has 0 saturated heterocycles. The molecule has 0 amide bonds. The summed E-state index contributed by atoms with van der Waals surface area (Å²) in [6, 6.07) is 5.13. The molecule has 16 heavy (non-hydrogen) atoms. The van der Waals surface area contributed by atoms with Crippen LogP contribution >= 0.6 is 0 Å². The Morgan fingerprint density at radius 1 is 1.38 bits per heavy atom. The van der Waals surface area contributed by atoms with E-state index >= 15 is 0 Å². The van der Waals surface area contributed by atoms with Crippen LogP contribution in [0.25, 0.3) is 0 Å². The Balaban J connectivity index is 3.18. The third kappa shape index (κ3) is 2.96. The molecule has 0 aliphatic carbocycles. The zero-order valence-electron chi connectivity index (χ0n) is 9.60. The van der Waals surface area contributed by atoms with Crippen LogP contribution in [0.1, 0.15) is 24.8 Å². The van der Waals surface area contributed by atoms with E-state index in [1.54, 1.807) is 12.1 Å². The standard InChI is InChI=1S/C11H18N2O2S/c1-8(5-6-12)9-3-4-10(13)11(7-9)16(2,14)15/h3-4,7-8H,5-6,12-13H2,1-2H3. The lowest BCUT2D eigenvalue weighted by atomic mass is 9.98. The third-order valence-electron chi connectivity index (χ3n) is 2.61. The first-order chi connectivity index (χ1) is 7.36. The Labute approximate surface area is 96.6 Å². The second-order valence-electron chi connectivity index (χ2n) is 4.05. The summed E-state index contributed by atoms with van der Waals surface area (Å²) in [5.41, 5.74) is 12.4. The van der Waals surface area contributed by atoms with Gasteiger partial charge in [-0.15, -0.1) is 0 Å². The lowest BCUT2D eigenvalue weighted by Crippen LogP contribution is -2.07. The first-order valence-corrected chi connectivity index (χ1v) is 7.05. The van der Waals surface area contributed by atoms with E-state index in [2.05, 4.69) is 0 Å². The normalized spacial score (nSPS) is 13.7. The van der Waals surface area contributed by atoms with Crippen molar-refractivity contribution in [2.75, 3.05) is 18.5 Å². The van der Waals surface area contributed by atoms with E-state index in [0.717, 1.165) is 18.2 Å². The van der Waals surface area contributed by atoms with E-state index in [0.29, 0.717) is 12.2 Å². The van der Waals surface area contributed by atoms with E-state index < -0.39 is 9.84 Å². The molecule has 90 valence electrons. The number of benzene rings is 1. The summed E-state index contributed by atoms with van der Waals surface area (Å²) in [4.78, 5) is 0.203. The van der Waals surface area contributed by atoms with Gasteiger partial charge < -0.3 is 11.5 Å². The average molecular weight is 242 g/mol. The van der Waals surface area contributed by atoms with Gasteiger partial charge >= 0.3 is 0 Å². The largest absolute Gasteiger partial charge is 0.398 e. The molecule has 0 fully saturated rings. The predicted molar refractivity (Wildman–Crippen MR) is 66.1 cm³/mol. The van der Waals surface area contributed by atoms with Gasteiger partial charge in [-0.3, -0.25) is 0 Å². The minimum atomic E-state index is -3.26. The van der Waals surface area contributed by atoms with Crippen molar-refractivity contribution in [2.24, 2.45) is 5.73 Å². The van der Waals surface area contributed by atoms with Crippen LogP contribution in [-0.4, -0.2) is 21.2 Å². The van der Waals surface area contributed by atoms with E-state index in [9.17, 15) is 8.42 Å². The minimum Gasteiger partial charge on any atom is -0.398 e. The van der Waals surface area contributed by atoms with Crippen molar-refractivity contribution in [1.29, 1.82) is 0 Å². The fraction of sp³-hybridized carbons (Fsp3) is 0.455.